The molecule has 0 fully saturated rings. The molecule has 0 saturated heterocycles. The molecule has 1 aliphatic heterocycles. The first-order chi connectivity index (χ1) is 10.3. The van der Waals surface area contributed by atoms with Gasteiger partial charge in [-0.3, -0.25) is 4.98 Å². The van der Waals surface area contributed by atoms with Crippen molar-refractivity contribution >= 4 is 28.7 Å². The number of carbonyl (C=O) groups excluding carboxylic acids is 1. The van der Waals surface area contributed by atoms with Crippen molar-refractivity contribution in [3.05, 3.63) is 77.5 Å². The maximum absolute atomic E-state index is 11.9. The van der Waals surface area contributed by atoms with Crippen molar-refractivity contribution in [1.29, 1.82) is 0 Å². The summed E-state index contributed by atoms with van der Waals surface area (Å²) in [6.07, 6.45) is 3.66. The summed E-state index contributed by atoms with van der Waals surface area (Å²) in [7, 11) is 0. The highest BCUT2D eigenvalue weighted by Gasteiger charge is 2.25. The highest BCUT2D eigenvalue weighted by atomic mass is 16.5. The summed E-state index contributed by atoms with van der Waals surface area (Å²) in [6, 6.07) is 17.2. The van der Waals surface area contributed by atoms with E-state index in [2.05, 4.69) is 4.98 Å². The molecular formula is C18H11NO2. The van der Waals surface area contributed by atoms with E-state index < -0.39 is 0 Å². The van der Waals surface area contributed by atoms with Crippen LogP contribution in [0.2, 0.25) is 0 Å². The number of carbonyl (C=O) groups is 1. The molecule has 0 saturated carbocycles. The lowest BCUT2D eigenvalue weighted by atomic mass is 10.0. The highest BCUT2D eigenvalue weighted by Crippen LogP contribution is 2.32. The van der Waals surface area contributed by atoms with Crippen LogP contribution in [0.4, 0.5) is 0 Å². The van der Waals surface area contributed by atoms with Crippen molar-refractivity contribution in [2.45, 2.75) is 0 Å². The zero-order valence-electron chi connectivity index (χ0n) is 11.1. The lowest BCUT2D eigenvalue weighted by Crippen LogP contribution is -1.92. The van der Waals surface area contributed by atoms with Gasteiger partial charge in [-0.05, 0) is 29.8 Å². The quantitative estimate of drug-likeness (QED) is 0.631. The Labute approximate surface area is 121 Å². The van der Waals surface area contributed by atoms with E-state index in [1.807, 2.05) is 54.6 Å². The first-order valence-corrected chi connectivity index (χ1v) is 6.70. The number of fused-ring (bicyclic) bond motifs is 2. The minimum atomic E-state index is -0.296. The van der Waals surface area contributed by atoms with Crippen LogP contribution in [0.15, 0.2) is 60.8 Å². The van der Waals surface area contributed by atoms with Crippen LogP contribution in [0.1, 0.15) is 21.5 Å². The molecule has 3 nitrogen and oxygen atoms in total. The summed E-state index contributed by atoms with van der Waals surface area (Å²) >= 11 is 0. The Morgan fingerprint density at radius 2 is 1.67 bits per heavy atom. The first-order valence-electron chi connectivity index (χ1n) is 6.70. The Hall–Kier alpha value is -2.94. The van der Waals surface area contributed by atoms with Gasteiger partial charge in [0.15, 0.2) is 0 Å². The Morgan fingerprint density at radius 1 is 0.905 bits per heavy atom. The van der Waals surface area contributed by atoms with E-state index in [4.69, 9.17) is 4.74 Å². The molecule has 2 heterocycles. The molecule has 0 bridgehead atoms. The number of nitrogens with zero attached hydrogens (tertiary/aromatic N) is 1. The average Bonchev–Trinajstić information content (AvgIpc) is 2.85. The smallest absolute Gasteiger partial charge is 0.344 e. The number of esters is 1. The van der Waals surface area contributed by atoms with Crippen molar-refractivity contribution in [3.63, 3.8) is 0 Å². The summed E-state index contributed by atoms with van der Waals surface area (Å²) in [4.78, 5) is 16.2. The summed E-state index contributed by atoms with van der Waals surface area (Å²) in [5.74, 6) is 0.294. The van der Waals surface area contributed by atoms with E-state index in [9.17, 15) is 4.79 Å². The van der Waals surface area contributed by atoms with Gasteiger partial charge in [0, 0.05) is 17.1 Å². The number of hydrogen-bond acceptors (Lipinski definition) is 3. The predicted molar refractivity (Wildman–Crippen MR) is 81.5 cm³/mol. The molecule has 0 aliphatic carbocycles. The predicted octanol–water partition coefficient (Wildman–Crippen LogP) is 3.90. The number of para-hydroxylation sites is 1. The number of hydrogen-bond donors (Lipinski definition) is 0. The molecule has 0 amide bonds. The van der Waals surface area contributed by atoms with Gasteiger partial charge in [-0.15, -0.1) is 0 Å². The number of aromatic nitrogens is 1. The first kappa shape index (κ1) is 11.9. The molecule has 0 radical (unpaired) electrons. The van der Waals surface area contributed by atoms with Crippen molar-refractivity contribution in [2.24, 2.45) is 0 Å². The molecule has 2 aromatic carbocycles. The summed E-state index contributed by atoms with van der Waals surface area (Å²) in [5.41, 5.74) is 3.36. The molecule has 0 spiro atoms. The fourth-order valence-electron chi connectivity index (χ4n) is 2.58. The van der Waals surface area contributed by atoms with Crippen LogP contribution in [-0.2, 0) is 4.74 Å². The van der Waals surface area contributed by atoms with Crippen LogP contribution >= 0.6 is 0 Å². The molecule has 0 unspecified atom stereocenters. The van der Waals surface area contributed by atoms with Crippen LogP contribution in [-0.4, -0.2) is 11.0 Å². The van der Waals surface area contributed by atoms with Gasteiger partial charge in [0.1, 0.15) is 5.76 Å². The second-order valence-electron chi connectivity index (χ2n) is 4.86. The van der Waals surface area contributed by atoms with Gasteiger partial charge in [0.05, 0.1) is 11.1 Å². The van der Waals surface area contributed by atoms with E-state index in [0.29, 0.717) is 11.3 Å². The number of benzene rings is 2. The van der Waals surface area contributed by atoms with Gasteiger partial charge < -0.3 is 4.74 Å². The second-order valence-corrected chi connectivity index (χ2v) is 4.86. The lowest BCUT2D eigenvalue weighted by Gasteiger charge is -2.03. The fourth-order valence-corrected chi connectivity index (χ4v) is 2.58. The summed E-state index contributed by atoms with van der Waals surface area (Å²) in [6.45, 7) is 0. The summed E-state index contributed by atoms with van der Waals surface area (Å²) < 4.78 is 5.39. The third kappa shape index (κ3) is 1.91. The van der Waals surface area contributed by atoms with E-state index in [-0.39, 0.29) is 5.97 Å². The monoisotopic (exact) mass is 273 g/mol. The van der Waals surface area contributed by atoms with Gasteiger partial charge in [0.2, 0.25) is 0 Å². The summed E-state index contributed by atoms with van der Waals surface area (Å²) in [5, 5.41) is 1.04. The van der Waals surface area contributed by atoms with E-state index in [1.165, 1.54) is 0 Å². The minimum Gasteiger partial charge on any atom is -0.422 e. The van der Waals surface area contributed by atoms with Gasteiger partial charge in [-0.1, -0.05) is 36.4 Å². The van der Waals surface area contributed by atoms with E-state index in [1.54, 1.807) is 12.3 Å². The molecule has 3 aromatic rings. The SMILES string of the molecule is O=C1O/C(=C/c2ccnc3ccccc23)c2ccccc21. The Balaban J connectivity index is 1.91. The number of ether oxygens (including phenoxy) is 1. The molecule has 1 aliphatic rings. The molecule has 0 atom stereocenters. The van der Waals surface area contributed by atoms with Crippen LogP contribution in [0.25, 0.3) is 22.7 Å². The molecule has 0 N–H and O–H groups in total. The normalized spacial score (nSPS) is 15.2. The maximum Gasteiger partial charge on any atom is 0.344 e. The molecule has 4 rings (SSSR count). The van der Waals surface area contributed by atoms with Crippen molar-refractivity contribution in [2.75, 3.05) is 0 Å². The third-order valence-corrected chi connectivity index (χ3v) is 3.58. The molecule has 100 valence electrons. The van der Waals surface area contributed by atoms with E-state index in [0.717, 1.165) is 22.0 Å². The van der Waals surface area contributed by atoms with Gasteiger partial charge >= 0.3 is 5.97 Å². The van der Waals surface area contributed by atoms with Crippen molar-refractivity contribution in [1.82, 2.24) is 4.98 Å². The van der Waals surface area contributed by atoms with Crippen LogP contribution < -0.4 is 0 Å². The van der Waals surface area contributed by atoms with Crippen LogP contribution in [0.5, 0.6) is 0 Å². The Morgan fingerprint density at radius 3 is 2.57 bits per heavy atom. The number of rotatable bonds is 1. The third-order valence-electron chi connectivity index (χ3n) is 3.58. The molecule has 3 heteroatoms. The topological polar surface area (TPSA) is 39.2 Å². The van der Waals surface area contributed by atoms with Gasteiger partial charge in [-0.25, -0.2) is 4.79 Å². The zero-order valence-corrected chi connectivity index (χ0v) is 11.1. The Kier molecular flexibility index (Phi) is 2.57. The maximum atomic E-state index is 11.9. The molecule has 1 aromatic heterocycles. The number of pyridine rings is 1. The Bertz CT molecular complexity index is 891. The fraction of sp³-hybridized carbons (Fsp3) is 0. The minimum absolute atomic E-state index is 0.296. The van der Waals surface area contributed by atoms with Gasteiger partial charge in [0.25, 0.3) is 0 Å². The lowest BCUT2D eigenvalue weighted by molar-refractivity contribution is 0.0717. The molecule has 21 heavy (non-hydrogen) atoms. The second kappa shape index (κ2) is 4.56. The average molecular weight is 273 g/mol. The highest BCUT2D eigenvalue weighted by molar-refractivity contribution is 6.06. The van der Waals surface area contributed by atoms with Crippen molar-refractivity contribution < 1.29 is 9.53 Å². The van der Waals surface area contributed by atoms with Crippen LogP contribution in [0, 0.1) is 0 Å². The van der Waals surface area contributed by atoms with Gasteiger partial charge in [-0.2, -0.15) is 0 Å². The van der Waals surface area contributed by atoms with Crippen molar-refractivity contribution in [3.8, 4) is 0 Å². The number of cyclic esters (lactones) is 1. The standard InChI is InChI=1S/C18H11NO2/c20-18-15-7-2-1-6-14(15)17(21-18)11-12-9-10-19-16-8-4-3-5-13(12)16/h1-11H/b17-11+. The van der Waals surface area contributed by atoms with Crippen LogP contribution in [0.3, 0.4) is 0 Å². The molecular weight excluding hydrogens is 262 g/mol. The van der Waals surface area contributed by atoms with E-state index >= 15 is 0 Å². The zero-order chi connectivity index (χ0) is 14.2. The largest absolute Gasteiger partial charge is 0.422 e.